The van der Waals surface area contributed by atoms with Crippen molar-refractivity contribution >= 4 is 39.3 Å². The molecule has 0 radical (unpaired) electrons. The number of rotatable bonds is 8. The van der Waals surface area contributed by atoms with Gasteiger partial charge in [0.05, 0.1) is 33.5 Å². The summed E-state index contributed by atoms with van der Waals surface area (Å²) in [7, 11) is 0. The van der Waals surface area contributed by atoms with Crippen LogP contribution >= 0.6 is 0 Å². The third-order valence-electron chi connectivity index (χ3n) is 12.9. The molecule has 11 aromatic rings. The molecule has 0 atom stereocenters. The molecule has 0 spiro atoms. The van der Waals surface area contributed by atoms with E-state index in [0.717, 1.165) is 88.6 Å². The SMILES string of the molecule is O=C1c2cccc(-n3c4ccccc4c4cccc(-c5cc(-c6ccccc6)cc(-c6ccccc6)c5)c43)c2C(=O)N1c1c(-c2ccccc2)cc(-c2ccccc2)cc1-c1ccccc1. The van der Waals surface area contributed by atoms with Crippen molar-refractivity contribution in [2.24, 2.45) is 0 Å². The molecule has 0 fully saturated rings. The smallest absolute Gasteiger partial charge is 0.268 e. The molecule has 1 aliphatic rings. The Morgan fingerprint density at radius 3 is 1.26 bits per heavy atom. The van der Waals surface area contributed by atoms with Crippen LogP contribution in [0.2, 0.25) is 0 Å². The Morgan fingerprint density at radius 2 is 0.712 bits per heavy atom. The Labute approximate surface area is 382 Å². The van der Waals surface area contributed by atoms with Gasteiger partial charge in [-0.1, -0.05) is 194 Å². The lowest BCUT2D eigenvalue weighted by Crippen LogP contribution is -2.30. The molecule has 0 unspecified atom stereocenters. The fourth-order valence-electron chi connectivity index (χ4n) is 9.88. The molecule has 4 heteroatoms. The highest BCUT2D eigenvalue weighted by Crippen LogP contribution is 2.48. The van der Waals surface area contributed by atoms with Gasteiger partial charge in [0.25, 0.3) is 11.8 Å². The van der Waals surface area contributed by atoms with Gasteiger partial charge < -0.3 is 4.57 Å². The molecule has 2 heterocycles. The summed E-state index contributed by atoms with van der Waals surface area (Å²) in [6.07, 6.45) is 0. The molecule has 0 saturated carbocycles. The van der Waals surface area contributed by atoms with Crippen molar-refractivity contribution in [3.8, 4) is 72.4 Å². The quantitative estimate of drug-likeness (QED) is 0.143. The second-order valence-electron chi connectivity index (χ2n) is 16.7. The summed E-state index contributed by atoms with van der Waals surface area (Å²) < 4.78 is 2.21. The first-order valence-electron chi connectivity index (χ1n) is 22.3. The van der Waals surface area contributed by atoms with E-state index >= 15 is 9.59 Å². The minimum absolute atomic E-state index is 0.359. The summed E-state index contributed by atoms with van der Waals surface area (Å²) in [5, 5.41) is 2.10. The number of nitrogens with zero attached hydrogens (tertiary/aromatic N) is 2. The number of hydrogen-bond donors (Lipinski definition) is 0. The third-order valence-corrected chi connectivity index (χ3v) is 12.9. The number of amides is 2. The van der Waals surface area contributed by atoms with Crippen molar-refractivity contribution in [3.05, 3.63) is 254 Å². The molecule has 66 heavy (non-hydrogen) atoms. The highest BCUT2D eigenvalue weighted by atomic mass is 16.2. The number of para-hydroxylation sites is 2. The normalized spacial score (nSPS) is 12.3. The van der Waals surface area contributed by atoms with E-state index in [1.165, 1.54) is 4.90 Å². The van der Waals surface area contributed by atoms with Crippen LogP contribution in [0.3, 0.4) is 0 Å². The summed E-state index contributed by atoms with van der Waals surface area (Å²) in [4.78, 5) is 32.5. The fourth-order valence-corrected chi connectivity index (χ4v) is 9.88. The van der Waals surface area contributed by atoms with Crippen LogP contribution in [0.25, 0.3) is 94.3 Å². The summed E-state index contributed by atoms with van der Waals surface area (Å²) in [6, 6.07) is 82.8. The van der Waals surface area contributed by atoms with Crippen LogP contribution in [0, 0.1) is 0 Å². The molecule has 0 aliphatic carbocycles. The molecule has 2 amide bonds. The number of fused-ring (bicyclic) bond motifs is 4. The first kappa shape index (κ1) is 38.8. The first-order chi connectivity index (χ1) is 32.6. The Bertz CT molecular complexity index is 3540. The summed E-state index contributed by atoms with van der Waals surface area (Å²) in [6.45, 7) is 0. The van der Waals surface area contributed by atoms with Crippen LogP contribution in [0.1, 0.15) is 20.7 Å². The predicted octanol–water partition coefficient (Wildman–Crippen LogP) is 15.6. The molecule has 4 nitrogen and oxygen atoms in total. The summed E-state index contributed by atoms with van der Waals surface area (Å²) in [5.41, 5.74) is 15.7. The fraction of sp³-hybridized carbons (Fsp3) is 0. The van der Waals surface area contributed by atoms with E-state index < -0.39 is 0 Å². The first-order valence-corrected chi connectivity index (χ1v) is 22.3. The summed E-state index contributed by atoms with van der Waals surface area (Å²) >= 11 is 0. The minimum Gasteiger partial charge on any atom is -0.308 e. The minimum atomic E-state index is -0.367. The molecule has 310 valence electrons. The largest absolute Gasteiger partial charge is 0.308 e. The number of hydrogen-bond acceptors (Lipinski definition) is 2. The monoisotopic (exact) mass is 844 g/mol. The van der Waals surface area contributed by atoms with Crippen molar-refractivity contribution in [2.45, 2.75) is 0 Å². The summed E-state index contributed by atoms with van der Waals surface area (Å²) in [5.74, 6) is -0.726. The highest BCUT2D eigenvalue weighted by molar-refractivity contribution is 6.37. The van der Waals surface area contributed by atoms with Crippen LogP contribution in [0.5, 0.6) is 0 Å². The zero-order valence-corrected chi connectivity index (χ0v) is 35.8. The lowest BCUT2D eigenvalue weighted by molar-refractivity contribution is 0.0926. The lowest BCUT2D eigenvalue weighted by Gasteiger charge is -2.24. The Balaban J connectivity index is 1.10. The van der Waals surface area contributed by atoms with Crippen molar-refractivity contribution in [1.29, 1.82) is 0 Å². The molecule has 1 aliphatic heterocycles. The van der Waals surface area contributed by atoms with Gasteiger partial charge >= 0.3 is 0 Å². The molecule has 12 rings (SSSR count). The molecular formula is C62H40N2O2. The maximum absolute atomic E-state index is 15.8. The predicted molar refractivity (Wildman–Crippen MR) is 271 cm³/mol. The topological polar surface area (TPSA) is 42.3 Å². The second kappa shape index (κ2) is 16.0. The van der Waals surface area contributed by atoms with Gasteiger partial charge in [-0.25, -0.2) is 4.90 Å². The van der Waals surface area contributed by atoms with E-state index in [2.05, 4.69) is 132 Å². The van der Waals surface area contributed by atoms with Crippen LogP contribution in [-0.4, -0.2) is 16.4 Å². The van der Waals surface area contributed by atoms with Crippen LogP contribution in [0.4, 0.5) is 5.69 Å². The van der Waals surface area contributed by atoms with Crippen molar-refractivity contribution in [2.75, 3.05) is 4.90 Å². The van der Waals surface area contributed by atoms with Crippen LogP contribution in [0.15, 0.2) is 243 Å². The molecular weight excluding hydrogens is 805 g/mol. The molecule has 0 saturated heterocycles. The third kappa shape index (κ3) is 6.46. The number of benzene rings is 10. The molecule has 10 aromatic carbocycles. The van der Waals surface area contributed by atoms with Crippen molar-refractivity contribution in [1.82, 2.24) is 4.57 Å². The maximum Gasteiger partial charge on any atom is 0.268 e. The van der Waals surface area contributed by atoms with Gasteiger partial charge in [-0.2, -0.15) is 0 Å². The molecule has 1 aromatic heterocycles. The zero-order chi connectivity index (χ0) is 44.1. The Kier molecular flexibility index (Phi) is 9.43. The number of carbonyl (C=O) groups excluding carboxylic acids is 2. The van der Waals surface area contributed by atoms with Gasteiger partial charge in [-0.05, 0) is 98.6 Å². The van der Waals surface area contributed by atoms with E-state index in [1.807, 2.05) is 109 Å². The van der Waals surface area contributed by atoms with Gasteiger partial charge in [-0.15, -0.1) is 0 Å². The van der Waals surface area contributed by atoms with Gasteiger partial charge in [0, 0.05) is 27.5 Å². The van der Waals surface area contributed by atoms with E-state index in [1.54, 1.807) is 6.07 Å². The average molecular weight is 845 g/mol. The second-order valence-corrected chi connectivity index (χ2v) is 16.7. The van der Waals surface area contributed by atoms with Crippen LogP contribution < -0.4 is 4.90 Å². The maximum atomic E-state index is 15.8. The van der Waals surface area contributed by atoms with E-state index in [9.17, 15) is 0 Å². The number of aromatic nitrogens is 1. The Morgan fingerprint density at radius 1 is 0.288 bits per heavy atom. The van der Waals surface area contributed by atoms with Gasteiger partial charge in [-0.3, -0.25) is 9.59 Å². The average Bonchev–Trinajstić information content (AvgIpc) is 3.87. The zero-order valence-electron chi connectivity index (χ0n) is 35.8. The van der Waals surface area contributed by atoms with Crippen molar-refractivity contribution < 1.29 is 9.59 Å². The van der Waals surface area contributed by atoms with E-state index in [4.69, 9.17) is 0 Å². The van der Waals surface area contributed by atoms with Gasteiger partial charge in [0.2, 0.25) is 0 Å². The standard InChI is InChI=1S/C62H40N2O2/c65-61-53-33-19-35-57(58(53)62(66)64(61)60-54(44-26-12-4-13-27-44)39-48(43-24-10-3-11-25-43)40-55(60)45-28-14-5-15-29-45)63-56-34-17-16-30-51(56)52-32-18-31-50(59(52)63)49-37-46(41-20-6-1-7-21-41)36-47(38-49)42-22-8-2-9-23-42/h1-40H. The number of carbonyl (C=O) groups is 2. The Hall–Kier alpha value is -8.86. The van der Waals surface area contributed by atoms with Gasteiger partial charge in [0.1, 0.15) is 0 Å². The van der Waals surface area contributed by atoms with Crippen molar-refractivity contribution in [3.63, 3.8) is 0 Å². The highest BCUT2D eigenvalue weighted by Gasteiger charge is 2.42. The van der Waals surface area contributed by atoms with E-state index in [0.29, 0.717) is 22.5 Å². The lowest BCUT2D eigenvalue weighted by atomic mass is 9.90. The molecule has 0 bridgehead atoms. The van der Waals surface area contributed by atoms with Gasteiger partial charge in [0.15, 0.2) is 0 Å². The number of anilines is 1. The molecule has 0 N–H and O–H groups in total. The van der Waals surface area contributed by atoms with E-state index in [-0.39, 0.29) is 11.8 Å². The number of imide groups is 1. The van der Waals surface area contributed by atoms with Crippen LogP contribution in [-0.2, 0) is 0 Å².